The van der Waals surface area contributed by atoms with E-state index in [1.54, 1.807) is 0 Å². The molecule has 0 bridgehead atoms. The van der Waals surface area contributed by atoms with Gasteiger partial charge in [0, 0.05) is 31.8 Å². The second-order valence-electron chi connectivity index (χ2n) is 6.03. The minimum Gasteiger partial charge on any atom is -0.396 e. The highest BCUT2D eigenvalue weighted by Gasteiger charge is 2.36. The van der Waals surface area contributed by atoms with Crippen molar-refractivity contribution in [2.45, 2.75) is 51.1 Å². The van der Waals surface area contributed by atoms with Crippen LogP contribution >= 0.6 is 0 Å². The Morgan fingerprint density at radius 3 is 2.65 bits per heavy atom. The van der Waals surface area contributed by atoms with Crippen LogP contribution in [0.4, 0.5) is 0 Å². The average Bonchev–Trinajstić information content (AvgIpc) is 2.34. The molecule has 0 aromatic carbocycles. The Balaban J connectivity index is 1.87. The van der Waals surface area contributed by atoms with Crippen molar-refractivity contribution in [3.63, 3.8) is 0 Å². The molecule has 0 aromatic heterocycles. The molecule has 0 amide bonds. The van der Waals surface area contributed by atoms with Gasteiger partial charge in [0.1, 0.15) is 0 Å². The highest BCUT2D eigenvalue weighted by Crippen LogP contribution is 2.34. The van der Waals surface area contributed by atoms with Crippen LogP contribution in [0.25, 0.3) is 0 Å². The number of rotatable bonds is 5. The zero-order valence-electron chi connectivity index (χ0n) is 11.4. The maximum atomic E-state index is 8.97. The van der Waals surface area contributed by atoms with E-state index in [1.807, 2.05) is 0 Å². The lowest BCUT2D eigenvalue weighted by atomic mass is 9.78. The first kappa shape index (κ1) is 13.3. The molecule has 4 atom stereocenters. The van der Waals surface area contributed by atoms with Gasteiger partial charge in [-0.1, -0.05) is 6.92 Å². The van der Waals surface area contributed by atoms with Crippen LogP contribution in [-0.2, 0) is 0 Å². The Morgan fingerprint density at radius 1 is 1.29 bits per heavy atom. The molecule has 0 aromatic rings. The molecule has 1 saturated carbocycles. The summed E-state index contributed by atoms with van der Waals surface area (Å²) < 4.78 is 0. The van der Waals surface area contributed by atoms with E-state index in [0.29, 0.717) is 12.6 Å². The lowest BCUT2D eigenvalue weighted by Crippen LogP contribution is -2.56. The number of hydrogen-bond acceptors (Lipinski definition) is 3. The van der Waals surface area contributed by atoms with Crippen LogP contribution in [0.5, 0.6) is 0 Å². The number of hydrogen-bond donors (Lipinski definition) is 2. The van der Waals surface area contributed by atoms with E-state index in [2.05, 4.69) is 24.2 Å². The maximum absolute atomic E-state index is 8.97. The van der Waals surface area contributed by atoms with Gasteiger partial charge in [-0.2, -0.15) is 0 Å². The topological polar surface area (TPSA) is 35.5 Å². The van der Waals surface area contributed by atoms with Crippen molar-refractivity contribution in [1.29, 1.82) is 0 Å². The van der Waals surface area contributed by atoms with Crippen LogP contribution in [0.15, 0.2) is 0 Å². The van der Waals surface area contributed by atoms with E-state index in [0.717, 1.165) is 24.3 Å². The monoisotopic (exact) mass is 240 g/mol. The van der Waals surface area contributed by atoms with Gasteiger partial charge in [0.15, 0.2) is 0 Å². The molecule has 1 aliphatic carbocycles. The van der Waals surface area contributed by atoms with Gasteiger partial charge < -0.3 is 10.4 Å². The molecule has 2 N–H and O–H groups in total. The quantitative estimate of drug-likeness (QED) is 0.764. The van der Waals surface area contributed by atoms with Crippen molar-refractivity contribution in [1.82, 2.24) is 10.2 Å². The zero-order chi connectivity index (χ0) is 12.3. The number of aliphatic hydroxyl groups excluding tert-OH is 1. The Bertz CT molecular complexity index is 234. The third kappa shape index (κ3) is 3.21. The van der Waals surface area contributed by atoms with Crippen molar-refractivity contribution < 1.29 is 5.11 Å². The first-order valence-corrected chi connectivity index (χ1v) is 7.26. The predicted octanol–water partition coefficient (Wildman–Crippen LogP) is 1.47. The minimum absolute atomic E-state index is 0.348. The van der Waals surface area contributed by atoms with Crippen LogP contribution in [0.2, 0.25) is 0 Å². The second kappa shape index (κ2) is 6.17. The standard InChI is InChI=1S/C14H28N2O/c1-11-5-6-14(11)16-9-12(4-3-7-17)8-13(10-16)15-2/h11-15,17H,3-10H2,1-2H3. The predicted molar refractivity (Wildman–Crippen MR) is 71.0 cm³/mol. The van der Waals surface area contributed by atoms with Gasteiger partial charge in [0.05, 0.1) is 0 Å². The molecule has 4 unspecified atom stereocenters. The highest BCUT2D eigenvalue weighted by atomic mass is 16.2. The van der Waals surface area contributed by atoms with Crippen LogP contribution in [0.3, 0.4) is 0 Å². The molecule has 2 rings (SSSR count). The third-order valence-corrected chi connectivity index (χ3v) is 4.79. The Kier molecular flexibility index (Phi) is 4.83. The van der Waals surface area contributed by atoms with E-state index in [-0.39, 0.29) is 0 Å². The second-order valence-corrected chi connectivity index (χ2v) is 6.03. The van der Waals surface area contributed by atoms with Crippen LogP contribution in [-0.4, -0.2) is 48.8 Å². The Morgan fingerprint density at radius 2 is 2.12 bits per heavy atom. The number of nitrogens with zero attached hydrogens (tertiary/aromatic N) is 1. The van der Waals surface area contributed by atoms with Gasteiger partial charge in [0.25, 0.3) is 0 Å². The third-order valence-electron chi connectivity index (χ3n) is 4.79. The number of likely N-dealkylation sites (tertiary alicyclic amines) is 1. The highest BCUT2D eigenvalue weighted by molar-refractivity contribution is 4.92. The minimum atomic E-state index is 0.348. The van der Waals surface area contributed by atoms with Crippen molar-refractivity contribution in [2.75, 3.05) is 26.7 Å². The molecule has 1 heterocycles. The summed E-state index contributed by atoms with van der Waals surface area (Å²) in [4.78, 5) is 2.71. The number of aliphatic hydroxyl groups is 1. The van der Waals surface area contributed by atoms with Gasteiger partial charge in [-0.25, -0.2) is 0 Å². The Labute approximate surface area is 106 Å². The maximum Gasteiger partial charge on any atom is 0.0431 e. The lowest BCUT2D eigenvalue weighted by Gasteiger charge is -2.48. The van der Waals surface area contributed by atoms with Crippen molar-refractivity contribution in [3.05, 3.63) is 0 Å². The molecular weight excluding hydrogens is 212 g/mol. The summed E-state index contributed by atoms with van der Waals surface area (Å²) in [5.41, 5.74) is 0. The summed E-state index contributed by atoms with van der Waals surface area (Å²) in [6.07, 6.45) is 6.24. The molecule has 3 nitrogen and oxygen atoms in total. The first-order chi connectivity index (χ1) is 8.24. The van der Waals surface area contributed by atoms with E-state index in [9.17, 15) is 0 Å². The first-order valence-electron chi connectivity index (χ1n) is 7.26. The molecule has 17 heavy (non-hydrogen) atoms. The molecule has 100 valence electrons. The molecular formula is C14H28N2O. The molecule has 3 heteroatoms. The summed E-state index contributed by atoms with van der Waals surface area (Å²) >= 11 is 0. The van der Waals surface area contributed by atoms with Gasteiger partial charge in [-0.3, -0.25) is 4.90 Å². The summed E-state index contributed by atoms with van der Waals surface area (Å²) in [5, 5.41) is 12.4. The lowest BCUT2D eigenvalue weighted by molar-refractivity contribution is 0.0212. The van der Waals surface area contributed by atoms with E-state index >= 15 is 0 Å². The number of nitrogens with one attached hydrogen (secondary N) is 1. The SMILES string of the molecule is CNC1CC(CCCO)CN(C2CCC2C)C1. The molecule has 0 spiro atoms. The van der Waals surface area contributed by atoms with Gasteiger partial charge >= 0.3 is 0 Å². The molecule has 0 radical (unpaired) electrons. The van der Waals surface area contributed by atoms with Crippen LogP contribution in [0, 0.1) is 11.8 Å². The number of likely N-dealkylation sites (N-methyl/N-ethyl adjacent to an activating group) is 1. The summed E-state index contributed by atoms with van der Waals surface area (Å²) in [5.74, 6) is 1.67. The molecule has 2 fully saturated rings. The fourth-order valence-electron chi connectivity index (χ4n) is 3.50. The van der Waals surface area contributed by atoms with Crippen molar-refractivity contribution in [3.8, 4) is 0 Å². The summed E-state index contributed by atoms with van der Waals surface area (Å²) in [6, 6.07) is 1.49. The summed E-state index contributed by atoms with van der Waals surface area (Å²) in [6.45, 7) is 5.22. The molecule has 1 aliphatic heterocycles. The van der Waals surface area contributed by atoms with Gasteiger partial charge in [-0.15, -0.1) is 0 Å². The van der Waals surface area contributed by atoms with Gasteiger partial charge in [0.2, 0.25) is 0 Å². The molecule has 1 saturated heterocycles. The van der Waals surface area contributed by atoms with E-state index in [1.165, 1.54) is 38.8 Å². The summed E-state index contributed by atoms with van der Waals surface area (Å²) in [7, 11) is 2.08. The fourth-order valence-corrected chi connectivity index (χ4v) is 3.50. The largest absolute Gasteiger partial charge is 0.396 e. The van der Waals surface area contributed by atoms with Crippen molar-refractivity contribution in [2.24, 2.45) is 11.8 Å². The van der Waals surface area contributed by atoms with E-state index < -0.39 is 0 Å². The van der Waals surface area contributed by atoms with Crippen LogP contribution in [0.1, 0.15) is 39.0 Å². The van der Waals surface area contributed by atoms with Gasteiger partial charge in [-0.05, 0) is 51.0 Å². The Hall–Kier alpha value is -0.120. The number of piperidine rings is 1. The zero-order valence-corrected chi connectivity index (χ0v) is 11.4. The van der Waals surface area contributed by atoms with E-state index in [4.69, 9.17) is 5.11 Å². The smallest absolute Gasteiger partial charge is 0.0431 e. The average molecular weight is 240 g/mol. The molecule has 2 aliphatic rings. The normalized spacial score (nSPS) is 39.0. The van der Waals surface area contributed by atoms with Crippen molar-refractivity contribution >= 4 is 0 Å². The fraction of sp³-hybridized carbons (Fsp3) is 1.00. The van der Waals surface area contributed by atoms with Crippen LogP contribution < -0.4 is 5.32 Å².